The molecular formula is C18H13ClF2N2O2. The number of benzene rings is 2. The van der Waals surface area contributed by atoms with Crippen molar-refractivity contribution in [3.05, 3.63) is 71.2 Å². The molecule has 1 N–H and O–H groups in total. The number of carbonyl (C=O) groups excluding carboxylic acids is 1. The summed E-state index contributed by atoms with van der Waals surface area (Å²) in [5, 5.41) is 2.40. The second-order valence-electron chi connectivity index (χ2n) is 5.27. The fourth-order valence-corrected chi connectivity index (χ4v) is 2.38. The average molecular weight is 363 g/mol. The first-order chi connectivity index (χ1) is 12.0. The molecule has 0 saturated heterocycles. The quantitative estimate of drug-likeness (QED) is 0.706. The summed E-state index contributed by atoms with van der Waals surface area (Å²) in [4.78, 5) is 16.0. The summed E-state index contributed by atoms with van der Waals surface area (Å²) in [6, 6.07) is 10.2. The Labute approximate surface area is 147 Å². The molecule has 1 amide bonds. The minimum atomic E-state index is -0.674. The maximum atomic E-state index is 13.7. The van der Waals surface area contributed by atoms with Crippen molar-refractivity contribution in [1.29, 1.82) is 0 Å². The molecule has 3 rings (SSSR count). The maximum Gasteiger partial charge on any atom is 0.224 e. The number of carbonyl (C=O) groups is 1. The zero-order valence-electron chi connectivity index (χ0n) is 12.9. The first-order valence-electron chi connectivity index (χ1n) is 7.47. The van der Waals surface area contributed by atoms with Gasteiger partial charge in [0.1, 0.15) is 5.82 Å². The van der Waals surface area contributed by atoms with Crippen LogP contribution in [0.15, 0.2) is 53.1 Å². The van der Waals surface area contributed by atoms with Crippen LogP contribution >= 0.6 is 11.6 Å². The average Bonchev–Trinajstić information content (AvgIpc) is 3.07. The Balaban J connectivity index is 1.59. The maximum absolute atomic E-state index is 13.7. The lowest BCUT2D eigenvalue weighted by Gasteiger charge is -2.06. The molecule has 3 aromatic rings. The van der Waals surface area contributed by atoms with Crippen molar-refractivity contribution in [3.63, 3.8) is 0 Å². The number of aromatic nitrogens is 1. The van der Waals surface area contributed by atoms with Crippen LogP contribution in [0, 0.1) is 11.6 Å². The van der Waals surface area contributed by atoms with Gasteiger partial charge < -0.3 is 9.73 Å². The van der Waals surface area contributed by atoms with E-state index in [1.807, 2.05) is 0 Å². The summed E-state index contributed by atoms with van der Waals surface area (Å²) in [6.45, 7) is 0. The standard InChI is InChI=1S/C18H13ClF2N2O2/c19-13-2-1-3-14(18(13)21)23-16(24)8-9-17-22-10-15(25-17)11-4-6-12(20)7-5-11/h1-7,10H,8-9H2,(H,23,24). The van der Waals surface area contributed by atoms with Crippen LogP contribution in [0.25, 0.3) is 11.3 Å². The fraction of sp³-hybridized carbons (Fsp3) is 0.111. The second kappa shape index (κ2) is 7.44. The highest BCUT2D eigenvalue weighted by Gasteiger charge is 2.12. The number of hydrogen-bond donors (Lipinski definition) is 1. The molecule has 25 heavy (non-hydrogen) atoms. The molecule has 1 heterocycles. The van der Waals surface area contributed by atoms with Gasteiger partial charge in [-0.3, -0.25) is 4.79 Å². The molecule has 0 fully saturated rings. The first-order valence-corrected chi connectivity index (χ1v) is 7.85. The first kappa shape index (κ1) is 17.1. The van der Waals surface area contributed by atoms with Crippen LogP contribution in [0.1, 0.15) is 12.3 Å². The Hall–Kier alpha value is -2.73. The van der Waals surface area contributed by atoms with Crippen LogP contribution < -0.4 is 5.32 Å². The van der Waals surface area contributed by atoms with Crippen molar-refractivity contribution in [2.45, 2.75) is 12.8 Å². The van der Waals surface area contributed by atoms with E-state index in [-0.39, 0.29) is 35.3 Å². The molecular weight excluding hydrogens is 350 g/mol. The van der Waals surface area contributed by atoms with E-state index in [1.165, 1.54) is 30.5 Å². The van der Waals surface area contributed by atoms with Gasteiger partial charge in [0.25, 0.3) is 0 Å². The molecule has 0 saturated carbocycles. The highest BCUT2D eigenvalue weighted by molar-refractivity contribution is 6.31. The van der Waals surface area contributed by atoms with E-state index in [4.69, 9.17) is 16.0 Å². The van der Waals surface area contributed by atoms with Gasteiger partial charge in [0.2, 0.25) is 5.91 Å². The smallest absolute Gasteiger partial charge is 0.224 e. The number of rotatable bonds is 5. The summed E-state index contributed by atoms with van der Waals surface area (Å²) < 4.78 is 32.2. The van der Waals surface area contributed by atoms with E-state index in [0.717, 1.165) is 0 Å². The third-order valence-electron chi connectivity index (χ3n) is 3.47. The van der Waals surface area contributed by atoms with Crippen LogP contribution in [0.4, 0.5) is 14.5 Å². The number of anilines is 1. The largest absolute Gasteiger partial charge is 0.441 e. The van der Waals surface area contributed by atoms with Gasteiger partial charge in [0, 0.05) is 18.4 Å². The van der Waals surface area contributed by atoms with Crippen molar-refractivity contribution >= 4 is 23.2 Å². The van der Waals surface area contributed by atoms with Crippen molar-refractivity contribution in [2.24, 2.45) is 0 Å². The Bertz CT molecular complexity index is 894. The fourth-order valence-electron chi connectivity index (χ4n) is 2.21. The molecule has 0 bridgehead atoms. The van der Waals surface area contributed by atoms with Crippen LogP contribution in [0.2, 0.25) is 5.02 Å². The van der Waals surface area contributed by atoms with Crippen molar-refractivity contribution < 1.29 is 18.0 Å². The lowest BCUT2D eigenvalue weighted by molar-refractivity contribution is -0.116. The van der Waals surface area contributed by atoms with Crippen molar-refractivity contribution in [2.75, 3.05) is 5.32 Å². The molecule has 0 aliphatic carbocycles. The summed E-state index contributed by atoms with van der Waals surface area (Å²) in [5.41, 5.74) is 0.711. The third kappa shape index (κ3) is 4.22. The molecule has 0 radical (unpaired) electrons. The lowest BCUT2D eigenvalue weighted by Crippen LogP contribution is -2.13. The zero-order chi connectivity index (χ0) is 17.8. The molecule has 7 heteroatoms. The van der Waals surface area contributed by atoms with Crippen LogP contribution in [0.5, 0.6) is 0 Å². The molecule has 2 aromatic carbocycles. The van der Waals surface area contributed by atoms with Gasteiger partial charge in [0.15, 0.2) is 17.5 Å². The van der Waals surface area contributed by atoms with Crippen LogP contribution in [0.3, 0.4) is 0 Å². The van der Waals surface area contributed by atoms with E-state index in [9.17, 15) is 13.6 Å². The van der Waals surface area contributed by atoms with Crippen LogP contribution in [-0.4, -0.2) is 10.9 Å². The van der Waals surface area contributed by atoms with Gasteiger partial charge in [-0.05, 0) is 36.4 Å². The van der Waals surface area contributed by atoms with Gasteiger partial charge in [-0.25, -0.2) is 13.8 Å². The van der Waals surface area contributed by atoms with Gasteiger partial charge in [-0.1, -0.05) is 17.7 Å². The predicted molar refractivity (Wildman–Crippen MR) is 90.3 cm³/mol. The van der Waals surface area contributed by atoms with Gasteiger partial charge in [0.05, 0.1) is 16.9 Å². The summed E-state index contributed by atoms with van der Waals surface area (Å²) in [5.74, 6) is -0.555. The topological polar surface area (TPSA) is 55.1 Å². The number of hydrogen-bond acceptors (Lipinski definition) is 3. The molecule has 0 spiro atoms. The van der Waals surface area contributed by atoms with Crippen LogP contribution in [-0.2, 0) is 11.2 Å². The monoisotopic (exact) mass is 362 g/mol. The molecule has 0 aliphatic rings. The molecule has 0 aliphatic heterocycles. The van der Waals surface area contributed by atoms with E-state index in [2.05, 4.69) is 10.3 Å². The second-order valence-corrected chi connectivity index (χ2v) is 5.68. The summed E-state index contributed by atoms with van der Waals surface area (Å²) in [7, 11) is 0. The minimum absolute atomic E-state index is 0.0249. The number of nitrogens with one attached hydrogen (secondary N) is 1. The van der Waals surface area contributed by atoms with Gasteiger partial charge >= 0.3 is 0 Å². The minimum Gasteiger partial charge on any atom is -0.441 e. The molecule has 0 unspecified atom stereocenters. The van der Waals surface area contributed by atoms with Crippen molar-refractivity contribution in [3.8, 4) is 11.3 Å². The number of aryl methyl sites for hydroxylation is 1. The summed E-state index contributed by atoms with van der Waals surface area (Å²) >= 11 is 5.67. The highest BCUT2D eigenvalue weighted by Crippen LogP contribution is 2.23. The molecule has 1 aromatic heterocycles. The number of amides is 1. The van der Waals surface area contributed by atoms with E-state index >= 15 is 0 Å². The van der Waals surface area contributed by atoms with E-state index < -0.39 is 5.82 Å². The highest BCUT2D eigenvalue weighted by atomic mass is 35.5. The van der Waals surface area contributed by atoms with Crippen molar-refractivity contribution in [1.82, 2.24) is 4.98 Å². The predicted octanol–water partition coefficient (Wildman–Crippen LogP) is 4.84. The number of nitrogens with zero attached hydrogens (tertiary/aromatic N) is 1. The molecule has 4 nitrogen and oxygen atoms in total. The Morgan fingerprint density at radius 2 is 1.92 bits per heavy atom. The molecule has 0 atom stereocenters. The Kier molecular flexibility index (Phi) is 5.09. The van der Waals surface area contributed by atoms with E-state index in [1.54, 1.807) is 18.2 Å². The normalized spacial score (nSPS) is 10.7. The van der Waals surface area contributed by atoms with Gasteiger partial charge in [-0.15, -0.1) is 0 Å². The number of halogens is 3. The molecule has 128 valence electrons. The van der Waals surface area contributed by atoms with E-state index in [0.29, 0.717) is 17.2 Å². The Morgan fingerprint density at radius 3 is 2.68 bits per heavy atom. The third-order valence-corrected chi connectivity index (χ3v) is 3.77. The SMILES string of the molecule is O=C(CCc1ncc(-c2ccc(F)cc2)o1)Nc1cccc(Cl)c1F. The van der Waals surface area contributed by atoms with Gasteiger partial charge in [-0.2, -0.15) is 0 Å². The Morgan fingerprint density at radius 1 is 1.16 bits per heavy atom. The number of oxazole rings is 1. The lowest BCUT2D eigenvalue weighted by atomic mass is 10.2. The summed E-state index contributed by atoms with van der Waals surface area (Å²) in [6.07, 6.45) is 1.82. The zero-order valence-corrected chi connectivity index (χ0v) is 13.7.